The van der Waals surface area contributed by atoms with Gasteiger partial charge in [0.2, 0.25) is 10.0 Å². The third kappa shape index (κ3) is 3.84. The van der Waals surface area contributed by atoms with Gasteiger partial charge in [-0.05, 0) is 37.6 Å². The lowest BCUT2D eigenvalue weighted by atomic mass is 10.2. The molecule has 2 aromatic carbocycles. The highest BCUT2D eigenvalue weighted by Gasteiger charge is 2.30. The molecule has 0 spiro atoms. The summed E-state index contributed by atoms with van der Waals surface area (Å²) in [6.45, 7) is 7.98. The average Bonchev–Trinajstić information content (AvgIpc) is 3.20. The fourth-order valence-corrected chi connectivity index (χ4v) is 5.89. The van der Waals surface area contributed by atoms with E-state index in [1.54, 1.807) is 28.6 Å². The Labute approximate surface area is 199 Å². The van der Waals surface area contributed by atoms with Gasteiger partial charge in [0.25, 0.3) is 0 Å². The lowest BCUT2D eigenvalue weighted by Crippen LogP contribution is -2.49. The molecule has 1 saturated heterocycles. The summed E-state index contributed by atoms with van der Waals surface area (Å²) in [5, 5.41) is 5.74. The van der Waals surface area contributed by atoms with Gasteiger partial charge in [-0.15, -0.1) is 0 Å². The van der Waals surface area contributed by atoms with E-state index in [-0.39, 0.29) is 0 Å². The van der Waals surface area contributed by atoms with Crippen LogP contribution < -0.4 is 4.90 Å². The second-order valence-corrected chi connectivity index (χ2v) is 10.4. The maximum atomic E-state index is 13.1. The Bertz CT molecular complexity index is 1440. The number of nitrogens with zero attached hydrogens (tertiary/aromatic N) is 6. The van der Waals surface area contributed by atoms with Crippen LogP contribution in [0, 0.1) is 13.8 Å². The van der Waals surface area contributed by atoms with Gasteiger partial charge in [-0.25, -0.2) is 23.1 Å². The van der Waals surface area contributed by atoms with Crippen molar-refractivity contribution in [2.75, 3.05) is 31.1 Å². The van der Waals surface area contributed by atoms with Gasteiger partial charge >= 0.3 is 0 Å². The first-order valence-corrected chi connectivity index (χ1v) is 13.0. The molecule has 8 nitrogen and oxygen atoms in total. The van der Waals surface area contributed by atoms with Crippen molar-refractivity contribution in [2.24, 2.45) is 0 Å². The largest absolute Gasteiger partial charge is 0.353 e. The minimum Gasteiger partial charge on any atom is -0.353 e. The van der Waals surface area contributed by atoms with Crippen LogP contribution in [0.3, 0.4) is 0 Å². The molecule has 5 rings (SSSR count). The average molecular weight is 477 g/mol. The standard InChI is InChI=1S/C25H28N6O2S/c1-4-22-26-24(23-19(3)28-31(25(23)27-22)21-13-9-8-10-18(21)2)29-14-16-30(17-15-29)34(32,33)20-11-6-5-7-12-20/h5-13H,4,14-17H2,1-3H3. The highest BCUT2D eigenvalue weighted by atomic mass is 32.2. The van der Waals surface area contributed by atoms with Crippen LogP contribution in [-0.2, 0) is 16.4 Å². The van der Waals surface area contributed by atoms with E-state index >= 15 is 0 Å². The molecule has 0 unspecified atom stereocenters. The molecular formula is C25H28N6O2S. The number of hydrogen-bond acceptors (Lipinski definition) is 6. The minimum atomic E-state index is -3.51. The first kappa shape index (κ1) is 22.5. The topological polar surface area (TPSA) is 84.2 Å². The first-order chi connectivity index (χ1) is 16.4. The Morgan fingerprint density at radius 1 is 0.882 bits per heavy atom. The third-order valence-corrected chi connectivity index (χ3v) is 8.22. The summed E-state index contributed by atoms with van der Waals surface area (Å²) in [4.78, 5) is 12.2. The number of para-hydroxylation sites is 1. The van der Waals surface area contributed by atoms with Gasteiger partial charge in [-0.2, -0.15) is 9.40 Å². The summed E-state index contributed by atoms with van der Waals surface area (Å²) < 4.78 is 29.6. The smallest absolute Gasteiger partial charge is 0.243 e. The summed E-state index contributed by atoms with van der Waals surface area (Å²) in [6.07, 6.45) is 0.698. The zero-order valence-electron chi connectivity index (χ0n) is 19.6. The maximum absolute atomic E-state index is 13.1. The van der Waals surface area contributed by atoms with Crippen molar-refractivity contribution in [3.05, 3.63) is 71.7 Å². The number of fused-ring (bicyclic) bond motifs is 1. The fourth-order valence-electron chi connectivity index (χ4n) is 4.44. The quantitative estimate of drug-likeness (QED) is 0.438. The van der Waals surface area contributed by atoms with Crippen LogP contribution in [0.15, 0.2) is 59.5 Å². The maximum Gasteiger partial charge on any atom is 0.243 e. The number of piperazine rings is 1. The molecule has 0 bridgehead atoms. The lowest BCUT2D eigenvalue weighted by molar-refractivity contribution is 0.384. The molecule has 2 aromatic heterocycles. The molecule has 0 aliphatic carbocycles. The second-order valence-electron chi connectivity index (χ2n) is 8.50. The van der Waals surface area contributed by atoms with E-state index < -0.39 is 10.0 Å². The first-order valence-electron chi connectivity index (χ1n) is 11.5. The summed E-state index contributed by atoms with van der Waals surface area (Å²) in [7, 11) is -3.51. The van der Waals surface area contributed by atoms with Crippen LogP contribution in [-0.4, -0.2) is 58.7 Å². The molecule has 0 saturated carbocycles. The van der Waals surface area contributed by atoms with Crippen LogP contribution in [0.1, 0.15) is 24.0 Å². The molecule has 0 amide bonds. The fraction of sp³-hybridized carbons (Fsp3) is 0.320. The lowest BCUT2D eigenvalue weighted by Gasteiger charge is -2.35. The van der Waals surface area contributed by atoms with E-state index in [1.807, 2.05) is 42.8 Å². The van der Waals surface area contributed by atoms with Gasteiger partial charge in [0, 0.05) is 32.6 Å². The van der Waals surface area contributed by atoms with Gasteiger partial charge in [0.15, 0.2) is 5.65 Å². The van der Waals surface area contributed by atoms with Crippen molar-refractivity contribution in [1.82, 2.24) is 24.1 Å². The predicted octanol–water partition coefficient (Wildman–Crippen LogP) is 3.51. The van der Waals surface area contributed by atoms with Gasteiger partial charge in [0.1, 0.15) is 11.6 Å². The Balaban J connectivity index is 1.51. The van der Waals surface area contributed by atoms with Crippen molar-refractivity contribution in [3.8, 4) is 5.69 Å². The van der Waals surface area contributed by atoms with Crippen LogP contribution in [0.4, 0.5) is 5.82 Å². The second kappa shape index (κ2) is 8.81. The summed E-state index contributed by atoms with van der Waals surface area (Å²) in [5.74, 6) is 1.58. The summed E-state index contributed by atoms with van der Waals surface area (Å²) >= 11 is 0. The summed E-state index contributed by atoms with van der Waals surface area (Å²) in [5.41, 5.74) is 3.75. The zero-order chi connectivity index (χ0) is 23.9. The summed E-state index contributed by atoms with van der Waals surface area (Å²) in [6, 6.07) is 16.7. The molecule has 0 radical (unpaired) electrons. The molecule has 0 N–H and O–H groups in total. The number of anilines is 1. The highest BCUT2D eigenvalue weighted by Crippen LogP contribution is 2.31. The number of sulfonamides is 1. The van der Waals surface area contributed by atoms with Crippen molar-refractivity contribution < 1.29 is 8.42 Å². The number of hydrogen-bond donors (Lipinski definition) is 0. The van der Waals surface area contributed by atoms with E-state index in [0.29, 0.717) is 37.5 Å². The van der Waals surface area contributed by atoms with Crippen LogP contribution in [0.5, 0.6) is 0 Å². The van der Waals surface area contributed by atoms with Gasteiger partial charge in [0.05, 0.1) is 21.7 Å². The molecule has 34 heavy (non-hydrogen) atoms. The third-order valence-electron chi connectivity index (χ3n) is 6.31. The molecule has 3 heterocycles. The van der Waals surface area contributed by atoms with Crippen molar-refractivity contribution in [3.63, 3.8) is 0 Å². The van der Waals surface area contributed by atoms with Gasteiger partial charge in [-0.1, -0.05) is 43.3 Å². The van der Waals surface area contributed by atoms with Crippen molar-refractivity contribution >= 4 is 26.9 Å². The minimum absolute atomic E-state index is 0.330. The van der Waals surface area contributed by atoms with E-state index in [9.17, 15) is 8.42 Å². The predicted molar refractivity (Wildman–Crippen MR) is 133 cm³/mol. The molecule has 1 fully saturated rings. The van der Waals surface area contributed by atoms with Crippen LogP contribution in [0.25, 0.3) is 16.7 Å². The molecule has 1 aliphatic heterocycles. The Morgan fingerprint density at radius 3 is 2.24 bits per heavy atom. The molecular weight excluding hydrogens is 448 g/mol. The van der Waals surface area contributed by atoms with E-state index in [0.717, 1.165) is 39.6 Å². The molecule has 0 atom stereocenters. The van der Waals surface area contributed by atoms with Gasteiger partial charge in [-0.3, -0.25) is 0 Å². The number of aromatic nitrogens is 4. The Kier molecular flexibility index (Phi) is 5.83. The van der Waals surface area contributed by atoms with Crippen molar-refractivity contribution in [1.29, 1.82) is 0 Å². The van der Waals surface area contributed by atoms with Crippen LogP contribution in [0.2, 0.25) is 0 Å². The van der Waals surface area contributed by atoms with Crippen molar-refractivity contribution in [2.45, 2.75) is 32.1 Å². The number of benzene rings is 2. The normalized spacial score (nSPS) is 15.2. The molecule has 9 heteroatoms. The van der Waals surface area contributed by atoms with E-state index in [2.05, 4.69) is 17.9 Å². The number of aryl methyl sites for hydroxylation is 3. The molecule has 1 aliphatic rings. The van der Waals surface area contributed by atoms with Gasteiger partial charge < -0.3 is 4.90 Å². The number of rotatable bonds is 5. The zero-order valence-corrected chi connectivity index (χ0v) is 20.5. The molecule has 176 valence electrons. The Morgan fingerprint density at radius 2 is 1.56 bits per heavy atom. The van der Waals surface area contributed by atoms with E-state index in [1.165, 1.54) is 0 Å². The Hall–Kier alpha value is -3.30. The van der Waals surface area contributed by atoms with Crippen LogP contribution >= 0.6 is 0 Å². The highest BCUT2D eigenvalue weighted by molar-refractivity contribution is 7.89. The van der Waals surface area contributed by atoms with E-state index in [4.69, 9.17) is 15.1 Å². The molecule has 4 aromatic rings. The monoisotopic (exact) mass is 476 g/mol. The SMILES string of the molecule is CCc1nc(N2CCN(S(=O)(=O)c3ccccc3)CC2)c2c(C)nn(-c3ccccc3C)c2n1.